The highest BCUT2D eigenvalue weighted by atomic mass is 32.1. The number of nitrogens with zero attached hydrogens (tertiary/aromatic N) is 2. The average molecular weight is 469 g/mol. The van der Waals surface area contributed by atoms with Gasteiger partial charge in [0, 0.05) is 12.3 Å². The molecule has 7 nitrogen and oxygen atoms in total. The molecule has 1 amide bonds. The Kier molecular flexibility index (Phi) is 8.06. The van der Waals surface area contributed by atoms with E-state index in [-0.39, 0.29) is 25.5 Å². The van der Waals surface area contributed by atoms with Crippen molar-refractivity contribution in [3.05, 3.63) is 64.2 Å². The molecule has 1 aromatic heterocycles. The molecule has 0 aliphatic heterocycles. The summed E-state index contributed by atoms with van der Waals surface area (Å²) in [7, 11) is 1.56. The van der Waals surface area contributed by atoms with E-state index in [9.17, 15) is 9.59 Å². The van der Waals surface area contributed by atoms with Crippen LogP contribution < -0.4 is 14.4 Å². The van der Waals surface area contributed by atoms with Crippen molar-refractivity contribution in [3.8, 4) is 11.5 Å². The summed E-state index contributed by atoms with van der Waals surface area (Å²) in [4.78, 5) is 30.8. The molecular formula is C25H28N2O5S. The Labute approximate surface area is 197 Å². The number of carbonyl (C=O) groups excluding carboxylic acids is 2. The fourth-order valence-electron chi connectivity index (χ4n) is 3.59. The molecule has 2 aromatic carbocycles. The molecule has 1 heterocycles. The fraction of sp³-hybridized carbons (Fsp3) is 0.320. The largest absolute Gasteiger partial charge is 0.493 e. The minimum atomic E-state index is -0.395. The summed E-state index contributed by atoms with van der Waals surface area (Å²) in [5, 5.41) is 2.34. The summed E-state index contributed by atoms with van der Waals surface area (Å²) in [6.45, 7) is 7.71. The Balaban J connectivity index is 1.59. The molecule has 0 saturated heterocycles. The smallest absolute Gasteiger partial charge is 0.309 e. The molecule has 0 bridgehead atoms. The molecule has 3 aromatic rings. The summed E-state index contributed by atoms with van der Waals surface area (Å²) >= 11 is 1.34. The van der Waals surface area contributed by atoms with Crippen molar-refractivity contribution in [2.24, 2.45) is 0 Å². The molecular weight excluding hydrogens is 440 g/mol. The molecule has 0 radical (unpaired) electrons. The molecule has 8 heteroatoms. The number of rotatable bonds is 9. The molecule has 0 aliphatic rings. The van der Waals surface area contributed by atoms with Gasteiger partial charge in [0.15, 0.2) is 16.6 Å². The minimum absolute atomic E-state index is 0.0294. The quantitative estimate of drug-likeness (QED) is 0.398. The lowest BCUT2D eigenvalue weighted by atomic mass is 10.0. The maximum Gasteiger partial charge on any atom is 0.309 e. The number of ether oxygens (including phenoxy) is 3. The van der Waals surface area contributed by atoms with Crippen LogP contribution in [0.3, 0.4) is 0 Å². The Bertz CT molecular complexity index is 1120. The SMILES string of the molecule is COc1ccccc1OCCC(=O)OCc1csc(N(C(C)=O)c2c(C)cc(C)cc2C)n1. The topological polar surface area (TPSA) is 78.0 Å². The summed E-state index contributed by atoms with van der Waals surface area (Å²) in [6, 6.07) is 11.3. The molecule has 0 N–H and O–H groups in total. The van der Waals surface area contributed by atoms with Crippen LogP contribution in [0.4, 0.5) is 10.8 Å². The van der Waals surface area contributed by atoms with E-state index >= 15 is 0 Å². The number of hydrogen-bond acceptors (Lipinski definition) is 7. The third-order valence-electron chi connectivity index (χ3n) is 4.92. The van der Waals surface area contributed by atoms with Crippen LogP contribution in [0.15, 0.2) is 41.8 Å². The van der Waals surface area contributed by atoms with Gasteiger partial charge in [-0.2, -0.15) is 0 Å². The van der Waals surface area contributed by atoms with Gasteiger partial charge in [0.25, 0.3) is 0 Å². The van der Waals surface area contributed by atoms with Gasteiger partial charge in [0.1, 0.15) is 6.61 Å². The molecule has 174 valence electrons. The van der Waals surface area contributed by atoms with Crippen LogP contribution in [-0.4, -0.2) is 30.6 Å². The van der Waals surface area contributed by atoms with Gasteiger partial charge in [-0.1, -0.05) is 29.8 Å². The number of para-hydroxylation sites is 2. The molecule has 0 saturated carbocycles. The van der Waals surface area contributed by atoms with Crippen molar-refractivity contribution in [2.45, 2.75) is 40.7 Å². The predicted molar refractivity (Wildman–Crippen MR) is 128 cm³/mol. The van der Waals surface area contributed by atoms with Crippen LogP contribution in [0.5, 0.6) is 11.5 Å². The number of benzene rings is 2. The van der Waals surface area contributed by atoms with E-state index in [1.165, 1.54) is 18.3 Å². The predicted octanol–water partition coefficient (Wildman–Crippen LogP) is 5.27. The summed E-state index contributed by atoms with van der Waals surface area (Å²) in [5.74, 6) is 0.655. The third-order valence-corrected chi connectivity index (χ3v) is 5.79. The Morgan fingerprint density at radius 3 is 2.36 bits per heavy atom. The van der Waals surface area contributed by atoms with Crippen molar-refractivity contribution in [2.75, 3.05) is 18.6 Å². The van der Waals surface area contributed by atoms with Gasteiger partial charge in [-0.25, -0.2) is 4.98 Å². The zero-order chi connectivity index (χ0) is 24.0. The number of methoxy groups -OCH3 is 1. The van der Waals surface area contributed by atoms with Gasteiger partial charge in [-0.05, 0) is 44.0 Å². The van der Waals surface area contributed by atoms with E-state index in [4.69, 9.17) is 14.2 Å². The van der Waals surface area contributed by atoms with Crippen molar-refractivity contribution in [1.29, 1.82) is 0 Å². The third kappa shape index (κ3) is 6.10. The Hall–Kier alpha value is -3.39. The number of carbonyl (C=O) groups is 2. The lowest BCUT2D eigenvalue weighted by molar-refractivity contribution is -0.145. The van der Waals surface area contributed by atoms with Crippen molar-refractivity contribution in [1.82, 2.24) is 4.98 Å². The molecule has 0 atom stereocenters. The highest BCUT2D eigenvalue weighted by molar-refractivity contribution is 7.14. The number of anilines is 2. The molecule has 0 spiro atoms. The van der Waals surface area contributed by atoms with Gasteiger partial charge in [0.05, 0.1) is 31.5 Å². The van der Waals surface area contributed by atoms with E-state index in [2.05, 4.69) is 4.98 Å². The van der Waals surface area contributed by atoms with E-state index < -0.39 is 5.97 Å². The Morgan fingerprint density at radius 2 is 1.73 bits per heavy atom. The van der Waals surface area contributed by atoms with Crippen LogP contribution >= 0.6 is 11.3 Å². The number of aromatic nitrogens is 1. The normalized spacial score (nSPS) is 10.6. The molecule has 0 fully saturated rings. The number of hydrogen-bond donors (Lipinski definition) is 0. The Morgan fingerprint density at radius 1 is 1.06 bits per heavy atom. The average Bonchev–Trinajstić information content (AvgIpc) is 3.23. The highest BCUT2D eigenvalue weighted by Crippen LogP contribution is 2.34. The number of amides is 1. The van der Waals surface area contributed by atoms with Crippen molar-refractivity contribution < 1.29 is 23.8 Å². The maximum absolute atomic E-state index is 12.5. The molecule has 33 heavy (non-hydrogen) atoms. The van der Waals surface area contributed by atoms with Crippen LogP contribution in [0, 0.1) is 20.8 Å². The van der Waals surface area contributed by atoms with Crippen molar-refractivity contribution >= 4 is 34.0 Å². The monoisotopic (exact) mass is 468 g/mol. The maximum atomic E-state index is 12.5. The van der Waals surface area contributed by atoms with E-state index in [0.29, 0.717) is 22.3 Å². The number of thiazole rings is 1. The number of esters is 1. The second-order valence-electron chi connectivity index (χ2n) is 7.63. The van der Waals surface area contributed by atoms with Crippen LogP contribution in [-0.2, 0) is 20.9 Å². The standard InChI is InChI=1S/C25H28N2O5S/c1-16-12-17(2)24(18(3)13-16)27(19(4)28)25-26-20(15-33-25)14-32-23(29)10-11-31-22-9-7-6-8-21(22)30-5/h6-9,12-13,15H,10-11,14H2,1-5H3. The molecule has 3 rings (SSSR count). The first kappa shape index (κ1) is 24.3. The van der Waals surface area contributed by atoms with Gasteiger partial charge >= 0.3 is 5.97 Å². The van der Waals surface area contributed by atoms with Crippen LogP contribution in [0.2, 0.25) is 0 Å². The van der Waals surface area contributed by atoms with Gasteiger partial charge in [0.2, 0.25) is 5.91 Å². The first-order valence-electron chi connectivity index (χ1n) is 10.5. The van der Waals surface area contributed by atoms with E-state index in [0.717, 1.165) is 22.4 Å². The summed E-state index contributed by atoms with van der Waals surface area (Å²) in [6.07, 6.45) is 0.0936. The van der Waals surface area contributed by atoms with Gasteiger partial charge in [-0.3, -0.25) is 14.5 Å². The second kappa shape index (κ2) is 11.0. The number of aryl methyl sites for hydroxylation is 3. The lowest BCUT2D eigenvalue weighted by Gasteiger charge is -2.23. The lowest BCUT2D eigenvalue weighted by Crippen LogP contribution is -2.24. The van der Waals surface area contributed by atoms with Crippen LogP contribution in [0.25, 0.3) is 0 Å². The fourth-order valence-corrected chi connectivity index (χ4v) is 4.44. The minimum Gasteiger partial charge on any atom is -0.493 e. The summed E-state index contributed by atoms with van der Waals surface area (Å²) in [5.41, 5.74) is 4.56. The van der Waals surface area contributed by atoms with Crippen LogP contribution in [0.1, 0.15) is 35.7 Å². The molecule has 0 unspecified atom stereocenters. The first-order chi connectivity index (χ1) is 15.8. The van der Waals surface area contributed by atoms with E-state index in [1.807, 2.05) is 45.0 Å². The first-order valence-corrected chi connectivity index (χ1v) is 11.4. The van der Waals surface area contributed by atoms with Gasteiger partial charge in [-0.15, -0.1) is 11.3 Å². The molecule has 0 aliphatic carbocycles. The zero-order valence-corrected chi connectivity index (χ0v) is 20.3. The van der Waals surface area contributed by atoms with Crippen molar-refractivity contribution in [3.63, 3.8) is 0 Å². The zero-order valence-electron chi connectivity index (χ0n) is 19.5. The van der Waals surface area contributed by atoms with Gasteiger partial charge < -0.3 is 14.2 Å². The summed E-state index contributed by atoms with van der Waals surface area (Å²) < 4.78 is 16.2. The highest BCUT2D eigenvalue weighted by Gasteiger charge is 2.22. The second-order valence-corrected chi connectivity index (χ2v) is 8.47. The van der Waals surface area contributed by atoms with E-state index in [1.54, 1.807) is 29.5 Å².